The third kappa shape index (κ3) is 2.11. The van der Waals surface area contributed by atoms with E-state index in [-0.39, 0.29) is 5.69 Å². The topological polar surface area (TPSA) is 83.8 Å². The van der Waals surface area contributed by atoms with E-state index in [2.05, 4.69) is 15.2 Å². The van der Waals surface area contributed by atoms with E-state index in [4.69, 9.17) is 5.11 Å². The predicted octanol–water partition coefficient (Wildman–Crippen LogP) is 1.96. The van der Waals surface area contributed by atoms with Crippen LogP contribution in [0.25, 0.3) is 16.9 Å². The minimum Gasteiger partial charge on any atom is -0.477 e. The monoisotopic (exact) mass is 254 g/mol. The van der Waals surface area contributed by atoms with Crippen LogP contribution in [-0.2, 0) is 0 Å². The van der Waals surface area contributed by atoms with Crippen LogP contribution in [-0.4, -0.2) is 30.8 Å². The summed E-state index contributed by atoms with van der Waals surface area (Å²) in [4.78, 5) is 14.8. The molecule has 6 nitrogen and oxygen atoms in total. The zero-order valence-electron chi connectivity index (χ0n) is 9.82. The number of imidazole rings is 1. The summed E-state index contributed by atoms with van der Waals surface area (Å²) in [6, 6.07) is 9.14. The standard InChI is InChI=1S/C13H10N4O2/c18-13(19)12-7-11(15-16-12)9-2-1-3-10(6-9)17-5-4-14-8-17/h1-8H,(H,15,16)(H,18,19). The maximum atomic E-state index is 10.8. The maximum absolute atomic E-state index is 10.8. The second-order valence-corrected chi connectivity index (χ2v) is 3.99. The number of H-pyrrole nitrogens is 1. The summed E-state index contributed by atoms with van der Waals surface area (Å²) in [6.07, 6.45) is 5.24. The van der Waals surface area contributed by atoms with Gasteiger partial charge in [0.25, 0.3) is 0 Å². The van der Waals surface area contributed by atoms with Gasteiger partial charge in [-0.05, 0) is 18.2 Å². The van der Waals surface area contributed by atoms with Crippen molar-refractivity contribution in [3.63, 3.8) is 0 Å². The molecule has 0 aliphatic heterocycles. The van der Waals surface area contributed by atoms with Gasteiger partial charge in [-0.2, -0.15) is 5.10 Å². The van der Waals surface area contributed by atoms with Crippen molar-refractivity contribution in [3.05, 3.63) is 54.7 Å². The summed E-state index contributed by atoms with van der Waals surface area (Å²) in [5, 5.41) is 15.4. The largest absolute Gasteiger partial charge is 0.477 e. The fourth-order valence-electron chi connectivity index (χ4n) is 1.82. The predicted molar refractivity (Wildman–Crippen MR) is 68.1 cm³/mol. The molecule has 2 heterocycles. The number of hydrogen-bond donors (Lipinski definition) is 2. The molecule has 0 atom stereocenters. The first-order chi connectivity index (χ1) is 9.24. The Bertz CT molecular complexity index is 716. The molecule has 1 aromatic carbocycles. The van der Waals surface area contributed by atoms with E-state index in [1.165, 1.54) is 6.07 Å². The molecule has 0 fully saturated rings. The van der Waals surface area contributed by atoms with Crippen molar-refractivity contribution in [2.24, 2.45) is 0 Å². The smallest absolute Gasteiger partial charge is 0.353 e. The molecule has 3 aromatic rings. The lowest BCUT2D eigenvalue weighted by atomic mass is 10.1. The number of carbonyl (C=O) groups is 1. The Hall–Kier alpha value is -2.89. The van der Waals surface area contributed by atoms with Crippen LogP contribution in [0.1, 0.15) is 10.5 Å². The minimum absolute atomic E-state index is 0.0723. The number of aromatic amines is 1. The third-order valence-electron chi connectivity index (χ3n) is 2.75. The zero-order valence-corrected chi connectivity index (χ0v) is 9.82. The van der Waals surface area contributed by atoms with Gasteiger partial charge in [-0.15, -0.1) is 0 Å². The van der Waals surface area contributed by atoms with Crippen LogP contribution < -0.4 is 0 Å². The SMILES string of the molecule is O=C(O)c1cc(-c2cccc(-n3ccnc3)c2)n[nH]1. The van der Waals surface area contributed by atoms with E-state index in [9.17, 15) is 4.79 Å². The number of nitrogens with zero attached hydrogens (tertiary/aromatic N) is 3. The molecule has 3 rings (SSSR count). The Balaban J connectivity index is 2.01. The second-order valence-electron chi connectivity index (χ2n) is 3.99. The first kappa shape index (κ1) is 11.2. The van der Waals surface area contributed by atoms with Gasteiger partial charge in [0.1, 0.15) is 5.69 Å². The van der Waals surface area contributed by atoms with E-state index >= 15 is 0 Å². The Labute approximate surface area is 108 Å². The number of carboxylic acids is 1. The first-order valence-corrected chi connectivity index (χ1v) is 5.61. The Morgan fingerprint density at radius 3 is 2.89 bits per heavy atom. The van der Waals surface area contributed by atoms with Crippen LogP contribution in [0.15, 0.2) is 49.1 Å². The number of benzene rings is 1. The van der Waals surface area contributed by atoms with Crippen LogP contribution in [0.4, 0.5) is 0 Å². The van der Waals surface area contributed by atoms with Crippen molar-refractivity contribution in [3.8, 4) is 16.9 Å². The summed E-state index contributed by atoms with van der Waals surface area (Å²) in [5.74, 6) is -1.02. The van der Waals surface area contributed by atoms with Crippen molar-refractivity contribution in [2.75, 3.05) is 0 Å². The molecular weight excluding hydrogens is 244 g/mol. The summed E-state index contributed by atoms with van der Waals surface area (Å²) >= 11 is 0. The lowest BCUT2D eigenvalue weighted by Crippen LogP contribution is -1.95. The van der Waals surface area contributed by atoms with E-state index in [1.54, 1.807) is 12.5 Å². The van der Waals surface area contributed by atoms with E-state index in [0.29, 0.717) is 5.69 Å². The normalized spacial score (nSPS) is 10.5. The lowest BCUT2D eigenvalue weighted by molar-refractivity contribution is 0.0690. The van der Waals surface area contributed by atoms with Crippen molar-refractivity contribution < 1.29 is 9.90 Å². The Morgan fingerprint density at radius 1 is 1.32 bits per heavy atom. The number of carboxylic acid groups (broad SMARTS) is 1. The van der Waals surface area contributed by atoms with E-state index < -0.39 is 5.97 Å². The molecule has 0 aliphatic carbocycles. The van der Waals surface area contributed by atoms with Gasteiger partial charge in [0, 0.05) is 23.6 Å². The van der Waals surface area contributed by atoms with Crippen LogP contribution >= 0.6 is 0 Å². The summed E-state index contributed by atoms with van der Waals surface area (Å²) in [7, 11) is 0. The second kappa shape index (κ2) is 4.41. The Kier molecular flexibility index (Phi) is 2.60. The van der Waals surface area contributed by atoms with Crippen LogP contribution in [0, 0.1) is 0 Å². The zero-order chi connectivity index (χ0) is 13.2. The quantitative estimate of drug-likeness (QED) is 0.748. The number of aromatic carboxylic acids is 1. The molecule has 0 spiro atoms. The van der Waals surface area contributed by atoms with Crippen molar-refractivity contribution in [1.82, 2.24) is 19.7 Å². The van der Waals surface area contributed by atoms with Gasteiger partial charge in [-0.25, -0.2) is 9.78 Å². The summed E-state index contributed by atoms with van der Waals surface area (Å²) in [5.41, 5.74) is 2.45. The highest BCUT2D eigenvalue weighted by atomic mass is 16.4. The van der Waals surface area contributed by atoms with Gasteiger partial charge in [0.2, 0.25) is 0 Å². The maximum Gasteiger partial charge on any atom is 0.353 e. The van der Waals surface area contributed by atoms with Gasteiger partial charge in [0.15, 0.2) is 0 Å². The number of nitrogens with one attached hydrogen (secondary N) is 1. The highest BCUT2D eigenvalue weighted by molar-refractivity contribution is 5.86. The van der Waals surface area contributed by atoms with Crippen molar-refractivity contribution >= 4 is 5.97 Å². The fraction of sp³-hybridized carbons (Fsp3) is 0. The molecule has 19 heavy (non-hydrogen) atoms. The molecule has 94 valence electrons. The van der Waals surface area contributed by atoms with Crippen LogP contribution in [0.5, 0.6) is 0 Å². The van der Waals surface area contributed by atoms with Gasteiger partial charge in [0.05, 0.1) is 12.0 Å². The highest BCUT2D eigenvalue weighted by Gasteiger charge is 2.09. The molecule has 2 N–H and O–H groups in total. The molecule has 0 radical (unpaired) electrons. The van der Waals surface area contributed by atoms with Gasteiger partial charge >= 0.3 is 5.97 Å². The molecule has 0 amide bonds. The third-order valence-corrected chi connectivity index (χ3v) is 2.75. The first-order valence-electron chi connectivity index (χ1n) is 5.61. The minimum atomic E-state index is -1.02. The lowest BCUT2D eigenvalue weighted by Gasteiger charge is -2.03. The molecule has 0 aliphatic rings. The van der Waals surface area contributed by atoms with Gasteiger partial charge in [-0.1, -0.05) is 12.1 Å². The average Bonchev–Trinajstić information content (AvgIpc) is 3.10. The number of aromatic nitrogens is 4. The van der Waals surface area contributed by atoms with Crippen LogP contribution in [0.2, 0.25) is 0 Å². The Morgan fingerprint density at radius 2 is 2.21 bits per heavy atom. The summed E-state index contributed by atoms with van der Waals surface area (Å²) < 4.78 is 1.87. The number of hydrogen-bond acceptors (Lipinski definition) is 3. The highest BCUT2D eigenvalue weighted by Crippen LogP contribution is 2.20. The van der Waals surface area contributed by atoms with E-state index in [0.717, 1.165) is 11.3 Å². The molecule has 0 bridgehead atoms. The van der Waals surface area contributed by atoms with Gasteiger partial charge < -0.3 is 9.67 Å². The molecule has 0 saturated carbocycles. The van der Waals surface area contributed by atoms with Crippen LogP contribution in [0.3, 0.4) is 0 Å². The molecule has 0 unspecified atom stereocenters. The molecule has 0 saturated heterocycles. The van der Waals surface area contributed by atoms with Crippen molar-refractivity contribution in [1.29, 1.82) is 0 Å². The fourth-order valence-corrected chi connectivity index (χ4v) is 1.82. The number of rotatable bonds is 3. The average molecular weight is 254 g/mol. The summed E-state index contributed by atoms with van der Waals surface area (Å²) in [6.45, 7) is 0. The molecule has 2 aromatic heterocycles. The van der Waals surface area contributed by atoms with Crippen molar-refractivity contribution in [2.45, 2.75) is 0 Å². The molecule has 6 heteroatoms. The van der Waals surface area contributed by atoms with Gasteiger partial charge in [-0.3, -0.25) is 5.10 Å². The molecular formula is C13H10N4O2. The van der Waals surface area contributed by atoms with E-state index in [1.807, 2.05) is 35.0 Å².